The quantitative estimate of drug-likeness (QED) is 0.888. The smallest absolute Gasteiger partial charge is 0.123 e. The molecule has 0 bridgehead atoms. The number of benzene rings is 1. The summed E-state index contributed by atoms with van der Waals surface area (Å²) in [6.45, 7) is 7.88. The summed E-state index contributed by atoms with van der Waals surface area (Å²) in [5, 5.41) is 0. The molecular formula is C16H25NO2. The van der Waals surface area contributed by atoms with Gasteiger partial charge in [0.15, 0.2) is 0 Å². The molecule has 0 aromatic heterocycles. The molecule has 19 heavy (non-hydrogen) atoms. The van der Waals surface area contributed by atoms with E-state index in [2.05, 4.69) is 32.9 Å². The lowest BCUT2D eigenvalue weighted by atomic mass is 9.73. The number of aryl methyl sites for hydroxylation is 2. The summed E-state index contributed by atoms with van der Waals surface area (Å²) in [6.07, 6.45) is 2.07. The molecule has 0 aliphatic carbocycles. The third kappa shape index (κ3) is 2.77. The second-order valence-electron chi connectivity index (χ2n) is 5.93. The minimum Gasteiger partial charge on any atom is -0.496 e. The number of ether oxygens (including phenoxy) is 2. The Morgan fingerprint density at radius 3 is 2.42 bits per heavy atom. The molecule has 1 saturated heterocycles. The Morgan fingerprint density at radius 2 is 1.95 bits per heavy atom. The lowest BCUT2D eigenvalue weighted by Gasteiger charge is -2.43. The fraction of sp³-hybridized carbons (Fsp3) is 0.625. The summed E-state index contributed by atoms with van der Waals surface area (Å²) >= 11 is 0. The Balaban J connectivity index is 2.34. The number of methoxy groups -OCH3 is 1. The van der Waals surface area contributed by atoms with Crippen molar-refractivity contribution in [2.75, 3.05) is 20.3 Å². The van der Waals surface area contributed by atoms with Gasteiger partial charge in [0.25, 0.3) is 0 Å². The van der Waals surface area contributed by atoms with Crippen molar-refractivity contribution in [3.63, 3.8) is 0 Å². The molecule has 3 heteroatoms. The highest BCUT2D eigenvalue weighted by atomic mass is 16.5. The van der Waals surface area contributed by atoms with Crippen LogP contribution in [0.5, 0.6) is 5.75 Å². The first kappa shape index (κ1) is 14.4. The first-order valence-corrected chi connectivity index (χ1v) is 6.97. The summed E-state index contributed by atoms with van der Waals surface area (Å²) < 4.78 is 11.1. The van der Waals surface area contributed by atoms with Gasteiger partial charge in [0.2, 0.25) is 0 Å². The highest BCUT2D eigenvalue weighted by Gasteiger charge is 2.42. The minimum absolute atomic E-state index is 0.0947. The van der Waals surface area contributed by atoms with Crippen molar-refractivity contribution < 1.29 is 9.47 Å². The van der Waals surface area contributed by atoms with E-state index in [4.69, 9.17) is 15.2 Å². The zero-order chi connectivity index (χ0) is 14.0. The number of nitrogens with two attached hydrogens (primary N) is 1. The van der Waals surface area contributed by atoms with Gasteiger partial charge in [0.1, 0.15) is 5.75 Å². The van der Waals surface area contributed by atoms with Gasteiger partial charge in [-0.2, -0.15) is 0 Å². The molecule has 0 spiro atoms. The van der Waals surface area contributed by atoms with Crippen molar-refractivity contribution in [2.45, 2.75) is 45.1 Å². The third-order valence-corrected chi connectivity index (χ3v) is 4.22. The van der Waals surface area contributed by atoms with Crippen LogP contribution in [0.2, 0.25) is 0 Å². The molecule has 106 valence electrons. The zero-order valence-electron chi connectivity index (χ0n) is 12.5. The lowest BCUT2D eigenvalue weighted by molar-refractivity contribution is -0.0666. The van der Waals surface area contributed by atoms with Crippen LogP contribution in [0.15, 0.2) is 12.1 Å². The molecular weight excluding hydrogens is 238 g/mol. The standard InChI is InChI=1S/C16H25NO2/c1-11-7-14(15(18-4)8-12(11)2)16(9-19-10-16)6-5-13(3)17/h7-8,13H,5-6,9-10,17H2,1-4H3. The van der Waals surface area contributed by atoms with Crippen molar-refractivity contribution in [1.29, 1.82) is 0 Å². The zero-order valence-corrected chi connectivity index (χ0v) is 12.5. The summed E-state index contributed by atoms with van der Waals surface area (Å²) in [6, 6.07) is 4.63. The minimum atomic E-state index is 0.0947. The average molecular weight is 263 g/mol. The van der Waals surface area contributed by atoms with Crippen molar-refractivity contribution in [3.05, 3.63) is 28.8 Å². The summed E-state index contributed by atoms with van der Waals surface area (Å²) in [5.41, 5.74) is 9.86. The predicted octanol–water partition coefficient (Wildman–Crippen LogP) is 2.71. The van der Waals surface area contributed by atoms with Crippen molar-refractivity contribution in [2.24, 2.45) is 5.73 Å². The lowest BCUT2D eigenvalue weighted by Crippen LogP contribution is -2.47. The van der Waals surface area contributed by atoms with E-state index in [0.29, 0.717) is 0 Å². The second kappa shape index (κ2) is 5.51. The maximum atomic E-state index is 5.91. The molecule has 1 atom stereocenters. The van der Waals surface area contributed by atoms with Gasteiger partial charge in [0, 0.05) is 17.0 Å². The van der Waals surface area contributed by atoms with Crippen LogP contribution in [0.25, 0.3) is 0 Å². The van der Waals surface area contributed by atoms with Crippen molar-refractivity contribution in [1.82, 2.24) is 0 Å². The normalized spacial score (nSPS) is 18.8. The summed E-state index contributed by atoms with van der Waals surface area (Å²) in [4.78, 5) is 0. The molecule has 3 nitrogen and oxygen atoms in total. The maximum absolute atomic E-state index is 5.91. The Kier molecular flexibility index (Phi) is 4.16. The van der Waals surface area contributed by atoms with Crippen LogP contribution in [0.3, 0.4) is 0 Å². The van der Waals surface area contributed by atoms with Gasteiger partial charge in [-0.3, -0.25) is 0 Å². The van der Waals surface area contributed by atoms with Crippen LogP contribution in [-0.4, -0.2) is 26.4 Å². The first-order valence-electron chi connectivity index (χ1n) is 6.97. The van der Waals surface area contributed by atoms with Gasteiger partial charge in [-0.15, -0.1) is 0 Å². The molecule has 1 heterocycles. The number of hydrogen-bond donors (Lipinski definition) is 1. The van der Waals surface area contributed by atoms with Crippen molar-refractivity contribution >= 4 is 0 Å². The van der Waals surface area contributed by atoms with E-state index >= 15 is 0 Å². The molecule has 1 aromatic carbocycles. The Morgan fingerprint density at radius 1 is 1.32 bits per heavy atom. The van der Waals surface area contributed by atoms with Gasteiger partial charge in [-0.05, 0) is 50.8 Å². The molecule has 1 aliphatic rings. The Bertz CT molecular complexity index is 450. The molecule has 1 unspecified atom stereocenters. The molecule has 2 rings (SSSR count). The summed E-state index contributed by atoms with van der Waals surface area (Å²) in [5.74, 6) is 0.982. The van der Waals surface area contributed by atoms with Crippen LogP contribution < -0.4 is 10.5 Å². The number of rotatable bonds is 5. The van der Waals surface area contributed by atoms with Gasteiger partial charge in [0.05, 0.1) is 20.3 Å². The fourth-order valence-corrected chi connectivity index (χ4v) is 2.66. The van der Waals surface area contributed by atoms with E-state index in [9.17, 15) is 0 Å². The summed E-state index contributed by atoms with van der Waals surface area (Å²) in [7, 11) is 1.74. The van der Waals surface area contributed by atoms with E-state index in [-0.39, 0.29) is 11.5 Å². The average Bonchev–Trinajstić information content (AvgIpc) is 2.31. The third-order valence-electron chi connectivity index (χ3n) is 4.22. The molecule has 1 aliphatic heterocycles. The first-order chi connectivity index (χ1) is 8.98. The van der Waals surface area contributed by atoms with Gasteiger partial charge in [-0.1, -0.05) is 6.07 Å². The van der Waals surface area contributed by atoms with E-state index in [1.54, 1.807) is 7.11 Å². The molecule has 2 N–H and O–H groups in total. The fourth-order valence-electron chi connectivity index (χ4n) is 2.66. The van der Waals surface area contributed by atoms with Crippen molar-refractivity contribution in [3.8, 4) is 5.75 Å². The van der Waals surface area contributed by atoms with Crippen LogP contribution >= 0.6 is 0 Å². The monoisotopic (exact) mass is 263 g/mol. The Labute approximate surface area is 116 Å². The highest BCUT2D eigenvalue weighted by Crippen LogP contribution is 2.42. The van der Waals surface area contributed by atoms with Gasteiger partial charge < -0.3 is 15.2 Å². The molecule has 1 fully saturated rings. The maximum Gasteiger partial charge on any atom is 0.123 e. The Hall–Kier alpha value is -1.06. The molecule has 0 amide bonds. The predicted molar refractivity (Wildman–Crippen MR) is 77.8 cm³/mol. The van der Waals surface area contributed by atoms with Crippen LogP contribution in [0, 0.1) is 13.8 Å². The molecule has 0 radical (unpaired) electrons. The van der Waals surface area contributed by atoms with E-state index in [1.807, 2.05) is 0 Å². The van der Waals surface area contributed by atoms with Gasteiger partial charge in [-0.25, -0.2) is 0 Å². The van der Waals surface area contributed by atoms with Crippen LogP contribution in [-0.2, 0) is 10.2 Å². The SMILES string of the molecule is COc1cc(C)c(C)cc1C1(CCC(C)N)COC1. The van der Waals surface area contributed by atoms with Crippen LogP contribution in [0.1, 0.15) is 36.5 Å². The van der Waals surface area contributed by atoms with Gasteiger partial charge >= 0.3 is 0 Å². The highest BCUT2D eigenvalue weighted by molar-refractivity contribution is 5.47. The topological polar surface area (TPSA) is 44.5 Å². The van der Waals surface area contributed by atoms with Crippen LogP contribution in [0.4, 0.5) is 0 Å². The largest absolute Gasteiger partial charge is 0.496 e. The molecule has 1 aromatic rings. The molecule has 0 saturated carbocycles. The van der Waals surface area contributed by atoms with E-state index in [0.717, 1.165) is 31.8 Å². The van der Waals surface area contributed by atoms with E-state index < -0.39 is 0 Å². The number of hydrogen-bond acceptors (Lipinski definition) is 3. The second-order valence-corrected chi connectivity index (χ2v) is 5.93. The van der Waals surface area contributed by atoms with E-state index in [1.165, 1.54) is 16.7 Å².